The van der Waals surface area contributed by atoms with Crippen molar-refractivity contribution in [2.24, 2.45) is 7.05 Å². The minimum atomic E-state index is -2.89. The fraction of sp³-hybridized carbons (Fsp3) is 0.385. The number of thiophene rings is 1. The summed E-state index contributed by atoms with van der Waals surface area (Å²) in [5.74, 6) is 0.303. The fourth-order valence-corrected chi connectivity index (χ4v) is 6.05. The second-order valence-electron chi connectivity index (χ2n) is 9.27. The van der Waals surface area contributed by atoms with Gasteiger partial charge in [0.25, 0.3) is 0 Å². The number of ether oxygens (including phenoxy) is 1. The van der Waals surface area contributed by atoms with Gasteiger partial charge in [-0.25, -0.2) is 14.8 Å². The number of piperidine rings is 1. The van der Waals surface area contributed by atoms with Crippen molar-refractivity contribution in [3.63, 3.8) is 0 Å². The standard InChI is InChI=1S/C26H28F2N6O2S/c1-15(18-5-4-6-19(11-18)36-25(27)28)31-26(35)34-9-7-17(8-10-34)23-24-21(29-14-30-23)12-22(37-24)20-13-33(3)32-16(20)2/h4-6,11-15,17,25H,7-10H2,1-3H3,(H,31,35)/t15-/m0/s1. The molecule has 0 unspecified atom stereocenters. The zero-order chi connectivity index (χ0) is 26.1. The fourth-order valence-electron chi connectivity index (χ4n) is 4.81. The van der Waals surface area contributed by atoms with Gasteiger partial charge < -0.3 is 15.0 Å². The van der Waals surface area contributed by atoms with Gasteiger partial charge in [0.1, 0.15) is 12.1 Å². The summed E-state index contributed by atoms with van der Waals surface area (Å²) in [7, 11) is 1.92. The molecule has 194 valence electrons. The highest BCUT2D eigenvalue weighted by Crippen LogP contribution is 2.39. The lowest BCUT2D eigenvalue weighted by Crippen LogP contribution is -2.44. The molecule has 1 atom stereocenters. The number of amides is 2. The number of benzene rings is 1. The monoisotopic (exact) mass is 526 g/mol. The van der Waals surface area contributed by atoms with Gasteiger partial charge in [0.05, 0.1) is 27.6 Å². The molecule has 11 heteroatoms. The third-order valence-corrected chi connectivity index (χ3v) is 7.89. The minimum absolute atomic E-state index is 0.0704. The van der Waals surface area contributed by atoms with E-state index in [1.165, 1.54) is 12.1 Å². The summed E-state index contributed by atoms with van der Waals surface area (Å²) < 4.78 is 32.4. The van der Waals surface area contributed by atoms with Crippen LogP contribution >= 0.6 is 11.3 Å². The molecule has 0 saturated carbocycles. The Hall–Kier alpha value is -3.60. The number of aromatic nitrogens is 4. The average Bonchev–Trinajstić information content (AvgIpc) is 3.45. The van der Waals surface area contributed by atoms with Crippen LogP contribution < -0.4 is 10.1 Å². The number of rotatable bonds is 6. The van der Waals surface area contributed by atoms with E-state index >= 15 is 0 Å². The molecular weight excluding hydrogens is 498 g/mol. The molecular formula is C26H28F2N6O2S. The summed E-state index contributed by atoms with van der Waals surface area (Å²) in [5.41, 5.74) is 4.74. The van der Waals surface area contributed by atoms with Crippen LogP contribution in [0.4, 0.5) is 13.6 Å². The summed E-state index contributed by atoms with van der Waals surface area (Å²) in [4.78, 5) is 25.0. The van der Waals surface area contributed by atoms with Crippen molar-refractivity contribution < 1.29 is 18.3 Å². The van der Waals surface area contributed by atoms with Gasteiger partial charge in [-0.1, -0.05) is 12.1 Å². The number of aryl methyl sites for hydroxylation is 2. The molecule has 1 aromatic carbocycles. The third-order valence-electron chi connectivity index (χ3n) is 6.71. The van der Waals surface area contributed by atoms with Gasteiger partial charge in [-0.2, -0.15) is 13.9 Å². The Morgan fingerprint density at radius 1 is 1.22 bits per heavy atom. The molecule has 3 aromatic heterocycles. The Labute approximate surface area is 217 Å². The number of hydrogen-bond acceptors (Lipinski definition) is 6. The first kappa shape index (κ1) is 25.1. The zero-order valence-corrected chi connectivity index (χ0v) is 21.6. The molecule has 0 aliphatic carbocycles. The summed E-state index contributed by atoms with van der Waals surface area (Å²) >= 11 is 1.69. The van der Waals surface area contributed by atoms with Crippen LogP contribution in [0.5, 0.6) is 5.75 Å². The SMILES string of the molecule is Cc1nn(C)cc1-c1cc2ncnc(C3CCN(C(=O)N[C@@H](C)c4cccc(OC(F)F)c4)CC3)c2s1. The van der Waals surface area contributed by atoms with Crippen LogP contribution in [0.25, 0.3) is 20.7 Å². The summed E-state index contributed by atoms with van der Waals surface area (Å²) in [6.07, 6.45) is 5.24. The molecule has 2 amide bonds. The minimum Gasteiger partial charge on any atom is -0.435 e. The van der Waals surface area contributed by atoms with E-state index in [1.54, 1.807) is 34.7 Å². The van der Waals surface area contributed by atoms with Crippen molar-refractivity contribution in [2.75, 3.05) is 13.1 Å². The average molecular weight is 527 g/mol. The van der Waals surface area contributed by atoms with Crippen LogP contribution in [0.15, 0.2) is 42.9 Å². The highest BCUT2D eigenvalue weighted by Gasteiger charge is 2.27. The van der Waals surface area contributed by atoms with Crippen molar-refractivity contribution >= 4 is 27.6 Å². The van der Waals surface area contributed by atoms with Crippen molar-refractivity contribution in [1.82, 2.24) is 30.0 Å². The molecule has 0 spiro atoms. The maximum atomic E-state index is 12.9. The van der Waals surface area contributed by atoms with Gasteiger partial charge in [0.15, 0.2) is 0 Å². The molecule has 1 aliphatic heterocycles. The van der Waals surface area contributed by atoms with Crippen molar-refractivity contribution in [1.29, 1.82) is 0 Å². The number of fused-ring (bicyclic) bond motifs is 1. The van der Waals surface area contributed by atoms with E-state index < -0.39 is 6.61 Å². The van der Waals surface area contributed by atoms with Crippen molar-refractivity contribution in [3.8, 4) is 16.2 Å². The summed E-state index contributed by atoms with van der Waals surface area (Å²) in [6, 6.07) is 7.96. The van der Waals surface area contributed by atoms with E-state index in [1.807, 2.05) is 31.8 Å². The maximum Gasteiger partial charge on any atom is 0.387 e. The van der Waals surface area contributed by atoms with Crippen LogP contribution in [0, 0.1) is 6.92 Å². The highest BCUT2D eigenvalue weighted by atomic mass is 32.1. The number of hydrogen-bond donors (Lipinski definition) is 1. The van der Waals surface area contributed by atoms with Gasteiger partial charge in [0.2, 0.25) is 0 Å². The second-order valence-corrected chi connectivity index (χ2v) is 10.3. The Balaban J connectivity index is 1.24. The molecule has 4 heterocycles. The first-order valence-electron chi connectivity index (χ1n) is 12.1. The normalized spacial score (nSPS) is 15.4. The number of urea groups is 1. The lowest BCUT2D eigenvalue weighted by molar-refractivity contribution is -0.0499. The molecule has 8 nitrogen and oxygen atoms in total. The lowest BCUT2D eigenvalue weighted by atomic mass is 9.93. The Bertz CT molecular complexity index is 1410. The largest absolute Gasteiger partial charge is 0.435 e. The first-order chi connectivity index (χ1) is 17.8. The second kappa shape index (κ2) is 10.4. The summed E-state index contributed by atoms with van der Waals surface area (Å²) in [5, 5.41) is 7.43. The number of nitrogens with zero attached hydrogens (tertiary/aromatic N) is 5. The van der Waals surface area contributed by atoms with Crippen molar-refractivity contribution in [2.45, 2.75) is 45.3 Å². The number of likely N-dealkylation sites (tertiary alicyclic amines) is 1. The number of alkyl halides is 2. The molecule has 37 heavy (non-hydrogen) atoms. The van der Waals surface area contributed by atoms with E-state index in [-0.39, 0.29) is 23.7 Å². The molecule has 4 aromatic rings. The van der Waals surface area contributed by atoms with Crippen LogP contribution in [-0.2, 0) is 7.05 Å². The van der Waals surface area contributed by atoms with E-state index in [9.17, 15) is 13.6 Å². The zero-order valence-electron chi connectivity index (χ0n) is 20.8. The van der Waals surface area contributed by atoms with Gasteiger partial charge >= 0.3 is 12.6 Å². The van der Waals surface area contributed by atoms with E-state index in [2.05, 4.69) is 31.2 Å². The lowest BCUT2D eigenvalue weighted by Gasteiger charge is -2.32. The molecule has 1 saturated heterocycles. The van der Waals surface area contributed by atoms with Crippen LogP contribution in [-0.4, -0.2) is 50.4 Å². The maximum absolute atomic E-state index is 12.9. The molecule has 5 rings (SSSR count). The quantitative estimate of drug-likeness (QED) is 0.351. The Kier molecular flexibility index (Phi) is 7.05. The molecule has 1 N–H and O–H groups in total. The molecule has 0 radical (unpaired) electrons. The van der Waals surface area contributed by atoms with E-state index in [4.69, 9.17) is 0 Å². The Morgan fingerprint density at radius 3 is 2.70 bits per heavy atom. The topological polar surface area (TPSA) is 85.2 Å². The van der Waals surface area contributed by atoms with Gasteiger partial charge in [0, 0.05) is 42.7 Å². The predicted octanol–water partition coefficient (Wildman–Crippen LogP) is 5.65. The van der Waals surface area contributed by atoms with Gasteiger partial charge in [-0.3, -0.25) is 4.68 Å². The first-order valence-corrected chi connectivity index (χ1v) is 13.0. The number of carbonyl (C=O) groups is 1. The van der Waals surface area contributed by atoms with Gasteiger partial charge in [-0.15, -0.1) is 11.3 Å². The van der Waals surface area contributed by atoms with E-state index in [0.29, 0.717) is 18.7 Å². The molecule has 1 aliphatic rings. The Morgan fingerprint density at radius 2 is 2.00 bits per heavy atom. The highest BCUT2D eigenvalue weighted by molar-refractivity contribution is 7.22. The number of halogens is 2. The van der Waals surface area contributed by atoms with E-state index in [0.717, 1.165) is 44.9 Å². The number of nitrogens with one attached hydrogen (secondary N) is 1. The summed E-state index contributed by atoms with van der Waals surface area (Å²) in [6.45, 7) is 2.13. The van der Waals surface area contributed by atoms with Crippen LogP contribution in [0.3, 0.4) is 0 Å². The smallest absolute Gasteiger partial charge is 0.387 e. The third kappa shape index (κ3) is 5.41. The predicted molar refractivity (Wildman–Crippen MR) is 138 cm³/mol. The van der Waals surface area contributed by atoms with Crippen LogP contribution in [0.2, 0.25) is 0 Å². The number of carbonyl (C=O) groups excluding carboxylic acids is 1. The van der Waals surface area contributed by atoms with Crippen molar-refractivity contribution in [3.05, 3.63) is 59.8 Å². The van der Waals surface area contributed by atoms with Crippen LogP contribution in [0.1, 0.15) is 48.7 Å². The van der Waals surface area contributed by atoms with Gasteiger partial charge in [-0.05, 0) is 50.5 Å². The molecule has 1 fully saturated rings. The molecule has 0 bridgehead atoms.